The number of cyclic esters (lactones) is 1. The molecule has 4 saturated carbocycles. The van der Waals surface area contributed by atoms with Gasteiger partial charge in [0.2, 0.25) is 0 Å². The van der Waals surface area contributed by atoms with Gasteiger partial charge >= 0.3 is 5.97 Å². The number of rotatable bonds is 5. The van der Waals surface area contributed by atoms with Gasteiger partial charge in [0.1, 0.15) is 24.9 Å². The van der Waals surface area contributed by atoms with Gasteiger partial charge in [-0.15, -0.1) is 0 Å². The van der Waals surface area contributed by atoms with Gasteiger partial charge in [0.25, 0.3) is 0 Å². The van der Waals surface area contributed by atoms with E-state index >= 15 is 0 Å². The number of esters is 1. The van der Waals surface area contributed by atoms with E-state index in [0.29, 0.717) is 18.4 Å². The first-order chi connectivity index (χ1) is 21.3. The topological polar surface area (TPSA) is 144 Å². The molecule has 0 bridgehead atoms. The lowest BCUT2D eigenvalue weighted by Gasteiger charge is -2.64. The molecule has 7 unspecified atom stereocenters. The molecule has 0 aromatic heterocycles. The van der Waals surface area contributed by atoms with Gasteiger partial charge in [-0.25, -0.2) is 4.79 Å². The molecule has 16 atom stereocenters. The van der Waals surface area contributed by atoms with Crippen molar-refractivity contribution in [3.63, 3.8) is 0 Å². The van der Waals surface area contributed by atoms with Crippen LogP contribution in [0.4, 0.5) is 0 Å². The molecule has 3 aliphatic heterocycles. The first-order valence-corrected chi connectivity index (χ1v) is 17.3. The predicted molar refractivity (Wildman–Crippen MR) is 161 cm³/mol. The van der Waals surface area contributed by atoms with Crippen LogP contribution in [0.3, 0.4) is 0 Å². The van der Waals surface area contributed by atoms with Crippen molar-refractivity contribution < 1.29 is 48.9 Å². The third-order valence-electron chi connectivity index (χ3n) is 13.6. The quantitative estimate of drug-likeness (QED) is 0.203. The summed E-state index contributed by atoms with van der Waals surface area (Å²) in [6, 6.07) is 0. The van der Waals surface area contributed by atoms with E-state index in [9.17, 15) is 25.2 Å². The van der Waals surface area contributed by atoms with E-state index in [0.717, 1.165) is 63.4 Å². The summed E-state index contributed by atoms with van der Waals surface area (Å²) in [5.74, 6) is 1.04. The first-order valence-electron chi connectivity index (χ1n) is 17.3. The van der Waals surface area contributed by atoms with Crippen LogP contribution in [0.25, 0.3) is 0 Å². The monoisotopic (exact) mass is 632 g/mol. The molecule has 252 valence electrons. The van der Waals surface area contributed by atoms with E-state index < -0.39 is 54.8 Å². The molecule has 1 saturated heterocycles. The smallest absolute Gasteiger partial charge is 0.331 e. The van der Waals surface area contributed by atoms with Crippen molar-refractivity contribution in [2.45, 2.75) is 146 Å². The molecule has 4 aliphatic carbocycles. The zero-order chi connectivity index (χ0) is 31.9. The SMILES string of the molecule is CC1O[C@@H](O[C@@H]2[C@H](O)C(O[C@H]3CCC4(C)C5CCC6(C)[C@@H](C7=CC(=O)OC7)CC[C@]6(O)C5CC[C@@H]4C3)OC(C)[C@@H]2O)C=C[C@H]1O. The minimum Gasteiger partial charge on any atom is -0.458 e. The Morgan fingerprint density at radius 2 is 1.67 bits per heavy atom. The third kappa shape index (κ3) is 5.17. The molecule has 0 aromatic rings. The second-order valence-corrected chi connectivity index (χ2v) is 15.7. The number of carbonyl (C=O) groups excluding carboxylic acids is 1. The molecule has 0 spiro atoms. The number of hydrogen-bond donors (Lipinski definition) is 4. The molecule has 4 N–H and O–H groups in total. The number of aliphatic hydroxyl groups excluding tert-OH is 3. The van der Waals surface area contributed by atoms with Gasteiger partial charge in [-0.3, -0.25) is 0 Å². The Hall–Kier alpha value is -1.37. The van der Waals surface area contributed by atoms with Crippen LogP contribution >= 0.6 is 0 Å². The van der Waals surface area contributed by atoms with Crippen molar-refractivity contribution in [3.8, 4) is 0 Å². The van der Waals surface area contributed by atoms with Crippen LogP contribution in [0.15, 0.2) is 23.8 Å². The lowest BCUT2D eigenvalue weighted by atomic mass is 9.43. The normalized spacial score (nSPS) is 54.5. The molecule has 10 heteroatoms. The second kappa shape index (κ2) is 11.7. The molecule has 0 radical (unpaired) electrons. The van der Waals surface area contributed by atoms with Crippen LogP contribution in [0.1, 0.15) is 85.5 Å². The van der Waals surface area contributed by atoms with Gasteiger partial charge in [0.15, 0.2) is 12.6 Å². The Bertz CT molecular complexity index is 1200. The molecule has 3 heterocycles. The molecule has 0 amide bonds. The zero-order valence-corrected chi connectivity index (χ0v) is 27.0. The fourth-order valence-electron chi connectivity index (χ4n) is 10.9. The molecule has 7 aliphatic rings. The van der Waals surface area contributed by atoms with Crippen molar-refractivity contribution in [2.75, 3.05) is 6.61 Å². The Morgan fingerprint density at radius 1 is 0.867 bits per heavy atom. The standard InChI is InChI=1S/C35H52O10/c1-18-26(36)7-8-28(42-18)45-31-29(38)19(2)43-32(30(31)39)44-22-9-12-33(3)21(16-22)5-6-25-24(33)10-13-34(4)23(11-14-35(25,34)40)20-15-27(37)41-17-20/h7-8,15,18-19,21-26,28-32,36,38-40H,5-6,9-14,16-17H2,1-4H3/t18?,19?,21-,22+,23-,24?,25?,26-,28+,29+,30+,31+,32?,33?,34?,35+/m1/s1. The Morgan fingerprint density at radius 3 is 2.40 bits per heavy atom. The molecule has 5 fully saturated rings. The maximum atomic E-state index is 12.5. The van der Waals surface area contributed by atoms with Gasteiger partial charge in [-0.05, 0) is 112 Å². The van der Waals surface area contributed by atoms with Crippen molar-refractivity contribution in [3.05, 3.63) is 23.8 Å². The summed E-state index contributed by atoms with van der Waals surface area (Å²) in [6.45, 7) is 8.54. The van der Waals surface area contributed by atoms with Crippen molar-refractivity contribution in [1.29, 1.82) is 0 Å². The van der Waals surface area contributed by atoms with Gasteiger partial charge in [0.05, 0.1) is 30.0 Å². The van der Waals surface area contributed by atoms with E-state index in [1.165, 1.54) is 0 Å². The average molecular weight is 633 g/mol. The van der Waals surface area contributed by atoms with Crippen molar-refractivity contribution in [1.82, 2.24) is 0 Å². The first kappa shape index (κ1) is 32.2. The molecular weight excluding hydrogens is 580 g/mol. The van der Waals surface area contributed by atoms with E-state index in [-0.39, 0.29) is 34.7 Å². The zero-order valence-electron chi connectivity index (χ0n) is 27.0. The van der Waals surface area contributed by atoms with Gasteiger partial charge in [-0.2, -0.15) is 0 Å². The molecule has 10 nitrogen and oxygen atoms in total. The Kier molecular flexibility index (Phi) is 8.33. The largest absolute Gasteiger partial charge is 0.458 e. The lowest BCUT2D eigenvalue weighted by molar-refractivity contribution is -0.332. The second-order valence-electron chi connectivity index (χ2n) is 15.7. The molecule has 7 rings (SSSR count). The van der Waals surface area contributed by atoms with Crippen LogP contribution < -0.4 is 0 Å². The summed E-state index contributed by atoms with van der Waals surface area (Å²) in [6.07, 6.45) is 6.34. The van der Waals surface area contributed by atoms with E-state index in [4.69, 9.17) is 23.7 Å². The minimum atomic E-state index is -1.21. The molecular formula is C35H52O10. The summed E-state index contributed by atoms with van der Waals surface area (Å²) >= 11 is 0. The highest BCUT2D eigenvalue weighted by Crippen LogP contribution is 2.70. The van der Waals surface area contributed by atoms with Crippen LogP contribution in [-0.2, 0) is 28.5 Å². The van der Waals surface area contributed by atoms with Crippen LogP contribution in [0, 0.1) is 34.5 Å². The van der Waals surface area contributed by atoms with E-state index in [1.807, 2.05) is 0 Å². The average Bonchev–Trinajstić information content (AvgIpc) is 3.55. The van der Waals surface area contributed by atoms with Crippen LogP contribution in [0.5, 0.6) is 0 Å². The molecule has 45 heavy (non-hydrogen) atoms. The summed E-state index contributed by atoms with van der Waals surface area (Å²) in [4.78, 5) is 11.9. The summed E-state index contributed by atoms with van der Waals surface area (Å²) in [5.41, 5.74) is 0.166. The Labute approximate surface area is 266 Å². The third-order valence-corrected chi connectivity index (χ3v) is 13.6. The van der Waals surface area contributed by atoms with Gasteiger partial charge < -0.3 is 44.1 Å². The van der Waals surface area contributed by atoms with Gasteiger partial charge in [-0.1, -0.05) is 19.9 Å². The highest BCUT2D eigenvalue weighted by atomic mass is 16.7. The van der Waals surface area contributed by atoms with Crippen molar-refractivity contribution >= 4 is 5.97 Å². The number of hydrogen-bond acceptors (Lipinski definition) is 10. The number of carbonyl (C=O) groups is 1. The van der Waals surface area contributed by atoms with Crippen LogP contribution in [-0.4, -0.2) is 93.9 Å². The summed E-state index contributed by atoms with van der Waals surface area (Å²) < 4.78 is 29.4. The lowest BCUT2D eigenvalue weighted by Crippen LogP contribution is -2.63. The maximum absolute atomic E-state index is 12.5. The number of aliphatic hydroxyl groups is 4. The van der Waals surface area contributed by atoms with Crippen LogP contribution in [0.2, 0.25) is 0 Å². The highest BCUT2D eigenvalue weighted by molar-refractivity contribution is 5.85. The van der Waals surface area contributed by atoms with E-state index in [1.54, 1.807) is 32.1 Å². The number of fused-ring (bicyclic) bond motifs is 5. The maximum Gasteiger partial charge on any atom is 0.331 e. The van der Waals surface area contributed by atoms with E-state index in [2.05, 4.69) is 13.8 Å². The van der Waals surface area contributed by atoms with Crippen molar-refractivity contribution in [2.24, 2.45) is 34.5 Å². The van der Waals surface area contributed by atoms with Gasteiger partial charge in [0, 0.05) is 11.5 Å². The predicted octanol–water partition coefficient (Wildman–Crippen LogP) is 3.14. The Balaban J connectivity index is 1.01. The number of ether oxygens (including phenoxy) is 5. The summed E-state index contributed by atoms with van der Waals surface area (Å²) in [7, 11) is 0. The highest BCUT2D eigenvalue weighted by Gasteiger charge is 2.67. The fraction of sp³-hybridized carbons (Fsp3) is 0.857. The minimum absolute atomic E-state index is 0.0940. The molecule has 0 aromatic carbocycles. The summed E-state index contributed by atoms with van der Waals surface area (Å²) in [5, 5.41) is 44.5. The fourth-order valence-corrected chi connectivity index (χ4v) is 10.9.